The fourth-order valence-corrected chi connectivity index (χ4v) is 3.58. The molecule has 1 saturated carbocycles. The van der Waals surface area contributed by atoms with Gasteiger partial charge in [-0.1, -0.05) is 60.1 Å². The van der Waals surface area contributed by atoms with E-state index in [0.29, 0.717) is 30.8 Å². The number of amides is 1. The molecule has 5 heteroatoms. The van der Waals surface area contributed by atoms with Gasteiger partial charge in [0.05, 0.1) is 12.3 Å². The molecule has 1 aliphatic heterocycles. The summed E-state index contributed by atoms with van der Waals surface area (Å²) in [5.74, 6) is 0.0160. The van der Waals surface area contributed by atoms with Gasteiger partial charge in [0.2, 0.25) is 5.91 Å². The summed E-state index contributed by atoms with van der Waals surface area (Å²) in [4.78, 5) is 20.3. The number of nitrogens with zero attached hydrogens (tertiary/aromatic N) is 2. The molecule has 4 nitrogen and oxygen atoms in total. The molecule has 27 heavy (non-hydrogen) atoms. The molecule has 0 spiro atoms. The van der Waals surface area contributed by atoms with Gasteiger partial charge in [-0.15, -0.1) is 0 Å². The third-order valence-electron chi connectivity index (χ3n) is 5.32. The van der Waals surface area contributed by atoms with Crippen molar-refractivity contribution in [1.29, 1.82) is 0 Å². The molecule has 0 N–H and O–H groups in total. The summed E-state index contributed by atoms with van der Waals surface area (Å²) in [6.07, 6.45) is 3.31. The van der Waals surface area contributed by atoms with Crippen molar-refractivity contribution in [3.63, 3.8) is 0 Å². The maximum absolute atomic E-state index is 14.0. The van der Waals surface area contributed by atoms with Crippen molar-refractivity contribution in [2.75, 3.05) is 6.54 Å². The predicted octanol–water partition coefficient (Wildman–Crippen LogP) is 4.15. The van der Waals surface area contributed by atoms with Gasteiger partial charge in [-0.3, -0.25) is 4.79 Å². The van der Waals surface area contributed by atoms with E-state index in [4.69, 9.17) is 4.84 Å². The zero-order chi connectivity index (χ0) is 18.6. The van der Waals surface area contributed by atoms with Crippen LogP contribution in [0.4, 0.5) is 4.39 Å². The maximum Gasteiger partial charge on any atom is 0.226 e. The first-order valence-electron chi connectivity index (χ1n) is 9.51. The first kappa shape index (κ1) is 17.7. The largest absolute Gasteiger partial charge is 0.390 e. The number of oxime groups is 1. The van der Waals surface area contributed by atoms with Crippen LogP contribution in [-0.4, -0.2) is 29.2 Å². The summed E-state index contributed by atoms with van der Waals surface area (Å²) >= 11 is 0. The number of hydrogen-bond donors (Lipinski definition) is 0. The number of carbonyl (C=O) groups is 1. The third kappa shape index (κ3) is 4.02. The van der Waals surface area contributed by atoms with Gasteiger partial charge in [-0.05, 0) is 24.5 Å². The van der Waals surface area contributed by atoms with Crippen LogP contribution < -0.4 is 0 Å². The van der Waals surface area contributed by atoms with Crippen molar-refractivity contribution in [1.82, 2.24) is 4.90 Å². The molecule has 2 aliphatic rings. The molecule has 1 atom stereocenters. The molecule has 1 heterocycles. The van der Waals surface area contributed by atoms with Crippen molar-refractivity contribution in [2.45, 2.75) is 38.3 Å². The molecule has 2 aromatic carbocycles. The molecule has 0 saturated heterocycles. The normalized spacial score (nSPS) is 19.1. The molecule has 1 amide bonds. The second-order valence-corrected chi connectivity index (χ2v) is 7.28. The Morgan fingerprint density at radius 1 is 1.11 bits per heavy atom. The minimum absolute atomic E-state index is 0.127. The fourth-order valence-electron chi connectivity index (χ4n) is 3.58. The summed E-state index contributed by atoms with van der Waals surface area (Å²) in [6, 6.07) is 16.6. The monoisotopic (exact) mass is 366 g/mol. The molecule has 0 radical (unpaired) electrons. The third-order valence-corrected chi connectivity index (χ3v) is 5.32. The minimum Gasteiger partial charge on any atom is -0.390 e. The van der Waals surface area contributed by atoms with Gasteiger partial charge in [0.25, 0.3) is 0 Å². The zero-order valence-corrected chi connectivity index (χ0v) is 15.2. The van der Waals surface area contributed by atoms with E-state index in [9.17, 15) is 9.18 Å². The van der Waals surface area contributed by atoms with E-state index in [2.05, 4.69) is 5.16 Å². The van der Waals surface area contributed by atoms with Crippen LogP contribution in [0.2, 0.25) is 0 Å². The highest BCUT2D eigenvalue weighted by molar-refractivity contribution is 6.01. The van der Waals surface area contributed by atoms with Crippen LogP contribution in [0.3, 0.4) is 0 Å². The van der Waals surface area contributed by atoms with Gasteiger partial charge in [-0.2, -0.15) is 0 Å². The van der Waals surface area contributed by atoms with Gasteiger partial charge in [0, 0.05) is 24.4 Å². The summed E-state index contributed by atoms with van der Waals surface area (Å²) in [5.41, 5.74) is 2.17. The molecular formula is C22H23FN2O2. The first-order valence-corrected chi connectivity index (χ1v) is 9.51. The second kappa shape index (κ2) is 7.91. The molecular weight excluding hydrogens is 343 g/mol. The molecule has 0 bridgehead atoms. The summed E-state index contributed by atoms with van der Waals surface area (Å²) in [6.45, 7) is 1.02. The molecule has 1 aliphatic carbocycles. The van der Waals surface area contributed by atoms with E-state index < -0.39 is 0 Å². The van der Waals surface area contributed by atoms with Crippen molar-refractivity contribution < 1.29 is 14.0 Å². The quantitative estimate of drug-likeness (QED) is 0.771. The number of hydrogen-bond acceptors (Lipinski definition) is 3. The molecule has 0 unspecified atom stereocenters. The predicted molar refractivity (Wildman–Crippen MR) is 102 cm³/mol. The van der Waals surface area contributed by atoms with Crippen molar-refractivity contribution in [2.24, 2.45) is 11.1 Å². The van der Waals surface area contributed by atoms with Gasteiger partial charge in [-0.25, -0.2) is 4.39 Å². The van der Waals surface area contributed by atoms with Crippen molar-refractivity contribution in [3.05, 3.63) is 71.5 Å². The van der Waals surface area contributed by atoms with Crippen LogP contribution in [-0.2, 0) is 16.2 Å². The van der Waals surface area contributed by atoms with E-state index in [1.165, 1.54) is 6.07 Å². The van der Waals surface area contributed by atoms with E-state index in [1.807, 2.05) is 35.2 Å². The average Bonchev–Trinajstić information content (AvgIpc) is 3.09. The van der Waals surface area contributed by atoms with Gasteiger partial charge >= 0.3 is 0 Å². The van der Waals surface area contributed by atoms with Crippen LogP contribution in [0.15, 0.2) is 59.8 Å². The van der Waals surface area contributed by atoms with Gasteiger partial charge in [0.1, 0.15) is 5.82 Å². The molecule has 1 fully saturated rings. The first-order chi connectivity index (χ1) is 13.2. The Hall–Kier alpha value is -2.69. The zero-order valence-electron chi connectivity index (χ0n) is 15.2. The molecule has 4 rings (SSSR count). The van der Waals surface area contributed by atoms with E-state index in [1.54, 1.807) is 18.2 Å². The topological polar surface area (TPSA) is 41.9 Å². The lowest BCUT2D eigenvalue weighted by Crippen LogP contribution is -2.42. The Kier molecular flexibility index (Phi) is 5.19. The lowest BCUT2D eigenvalue weighted by atomic mass is 9.84. The Morgan fingerprint density at radius 2 is 1.85 bits per heavy atom. The standard InChI is InChI=1S/C22H23FN2O2/c23-20-12-5-4-11-19(20)21-13-18(27-24-21)15-25(22(26)17-9-6-10-17)14-16-7-2-1-3-8-16/h1-5,7-8,11-12,17-18H,6,9-10,13-15H2/t18-/m1/s1. The van der Waals surface area contributed by atoms with Gasteiger partial charge in [0.15, 0.2) is 6.10 Å². The summed E-state index contributed by atoms with van der Waals surface area (Å²) in [7, 11) is 0. The Balaban J connectivity index is 1.44. The number of halogens is 1. The van der Waals surface area contributed by atoms with Crippen LogP contribution in [0.1, 0.15) is 36.8 Å². The Morgan fingerprint density at radius 3 is 2.56 bits per heavy atom. The average molecular weight is 366 g/mol. The van der Waals surface area contributed by atoms with Gasteiger partial charge < -0.3 is 9.74 Å². The fraction of sp³-hybridized carbons (Fsp3) is 0.364. The lowest BCUT2D eigenvalue weighted by Gasteiger charge is -2.32. The smallest absolute Gasteiger partial charge is 0.226 e. The van der Waals surface area contributed by atoms with Crippen LogP contribution >= 0.6 is 0 Å². The maximum atomic E-state index is 14.0. The Bertz CT molecular complexity index is 833. The van der Waals surface area contributed by atoms with Crippen LogP contribution in [0, 0.1) is 11.7 Å². The molecule has 2 aromatic rings. The second-order valence-electron chi connectivity index (χ2n) is 7.28. The lowest BCUT2D eigenvalue weighted by molar-refractivity contribution is -0.140. The van der Waals surface area contributed by atoms with E-state index in [-0.39, 0.29) is 23.7 Å². The van der Waals surface area contributed by atoms with Crippen LogP contribution in [0.25, 0.3) is 0 Å². The number of carbonyl (C=O) groups excluding carboxylic acids is 1. The van der Waals surface area contributed by atoms with Crippen molar-refractivity contribution >= 4 is 11.6 Å². The van der Waals surface area contributed by atoms with Crippen molar-refractivity contribution in [3.8, 4) is 0 Å². The minimum atomic E-state index is -0.299. The number of benzene rings is 2. The number of rotatable bonds is 6. The SMILES string of the molecule is O=C(C1CCC1)N(Cc1ccccc1)C[C@H]1CC(c2ccccc2F)=NO1. The van der Waals surface area contributed by atoms with E-state index in [0.717, 1.165) is 24.8 Å². The van der Waals surface area contributed by atoms with Crippen LogP contribution in [0.5, 0.6) is 0 Å². The summed E-state index contributed by atoms with van der Waals surface area (Å²) in [5, 5.41) is 4.09. The summed E-state index contributed by atoms with van der Waals surface area (Å²) < 4.78 is 14.0. The molecule has 0 aromatic heterocycles. The Labute approximate surface area is 158 Å². The van der Waals surface area contributed by atoms with E-state index >= 15 is 0 Å². The highest BCUT2D eigenvalue weighted by atomic mass is 19.1. The molecule has 140 valence electrons. The highest BCUT2D eigenvalue weighted by Crippen LogP contribution is 2.29. The highest BCUT2D eigenvalue weighted by Gasteiger charge is 2.33.